The molecule has 1 aromatic heterocycles. The second-order valence-corrected chi connectivity index (χ2v) is 6.73. The van der Waals surface area contributed by atoms with Gasteiger partial charge in [0.15, 0.2) is 0 Å². The zero-order valence-electron chi connectivity index (χ0n) is 15.8. The molecule has 1 nitrogen and oxygen atoms in total. The first-order chi connectivity index (χ1) is 13.9. The molecule has 0 atom stereocenters. The smallest absolute Gasteiger partial charge is 0.113 e. The fourth-order valence-corrected chi connectivity index (χ4v) is 3.22. The molecule has 1 heterocycles. The molecule has 0 aliphatic rings. The molecule has 0 aliphatic heterocycles. The number of hydrogen-bond acceptors (Lipinski definition) is 1. The van der Waals surface area contributed by atoms with Crippen molar-refractivity contribution in [3.8, 4) is 23.7 Å². The van der Waals surface area contributed by atoms with Crippen LogP contribution in [-0.4, -0.2) is 4.98 Å². The quantitative estimate of drug-likeness (QED) is 0.236. The highest BCUT2D eigenvalue weighted by Gasteiger charge is 2.01. The highest BCUT2D eigenvalue weighted by molar-refractivity contribution is 6.06. The number of nitrogens with zero attached hydrogens (tertiary/aromatic N) is 1. The molecule has 4 rings (SSSR count). The lowest BCUT2D eigenvalue weighted by molar-refractivity contribution is 0.782. The van der Waals surface area contributed by atoms with E-state index in [4.69, 9.17) is 4.98 Å². The van der Waals surface area contributed by atoms with Crippen LogP contribution in [0.4, 0.5) is 0 Å². The molecule has 134 valence electrons. The molecule has 0 aliphatic carbocycles. The highest BCUT2D eigenvalue weighted by atomic mass is 14.7. The lowest BCUT2D eigenvalue weighted by Crippen LogP contribution is -1.86. The minimum absolute atomic E-state index is 0.839. The van der Waals surface area contributed by atoms with Gasteiger partial charge in [-0.1, -0.05) is 66.3 Å². The van der Waals surface area contributed by atoms with Gasteiger partial charge in [-0.15, -0.1) is 0 Å². The lowest BCUT2D eigenvalue weighted by atomic mass is 10.0. The standard InChI is InChI=1S/C27H21N/c1(3-6-12-22-13-7-5-8-14-22)2-4-9-16-24-19-20-26-25-17-11-10-15-23(25)18-21-27(26)28-24/h5,7-8,10-11,13-15,17-21H,1-4H2. The topological polar surface area (TPSA) is 12.9 Å². The van der Waals surface area contributed by atoms with Crippen LogP contribution >= 0.6 is 0 Å². The molecule has 3 aromatic carbocycles. The van der Waals surface area contributed by atoms with Crippen molar-refractivity contribution in [2.45, 2.75) is 25.7 Å². The first kappa shape index (κ1) is 17.8. The van der Waals surface area contributed by atoms with Gasteiger partial charge in [-0.3, -0.25) is 0 Å². The van der Waals surface area contributed by atoms with Gasteiger partial charge in [0.25, 0.3) is 0 Å². The van der Waals surface area contributed by atoms with Crippen LogP contribution in [-0.2, 0) is 0 Å². The van der Waals surface area contributed by atoms with E-state index in [9.17, 15) is 0 Å². The predicted molar refractivity (Wildman–Crippen MR) is 118 cm³/mol. The Morgan fingerprint density at radius 2 is 1.36 bits per heavy atom. The van der Waals surface area contributed by atoms with E-state index in [1.165, 1.54) is 16.2 Å². The molecule has 28 heavy (non-hydrogen) atoms. The van der Waals surface area contributed by atoms with Crippen molar-refractivity contribution in [3.05, 3.63) is 90.1 Å². The number of fused-ring (bicyclic) bond motifs is 3. The lowest BCUT2D eigenvalue weighted by Gasteiger charge is -2.03. The normalized spacial score (nSPS) is 10.1. The summed E-state index contributed by atoms with van der Waals surface area (Å²) in [6, 6.07) is 26.9. The summed E-state index contributed by atoms with van der Waals surface area (Å²) in [5.41, 5.74) is 2.92. The van der Waals surface area contributed by atoms with Crippen molar-refractivity contribution in [2.24, 2.45) is 0 Å². The first-order valence-corrected chi connectivity index (χ1v) is 9.71. The Labute approximate surface area is 166 Å². The van der Waals surface area contributed by atoms with Crippen LogP contribution in [0.3, 0.4) is 0 Å². The van der Waals surface area contributed by atoms with E-state index in [0.29, 0.717) is 0 Å². The third-order valence-electron chi connectivity index (χ3n) is 4.67. The summed E-state index contributed by atoms with van der Waals surface area (Å²) < 4.78 is 0. The zero-order chi connectivity index (χ0) is 19.0. The monoisotopic (exact) mass is 359 g/mol. The van der Waals surface area contributed by atoms with Crippen molar-refractivity contribution in [2.75, 3.05) is 0 Å². The van der Waals surface area contributed by atoms with Crippen LogP contribution in [0.25, 0.3) is 21.7 Å². The summed E-state index contributed by atoms with van der Waals surface area (Å²) in [5.74, 6) is 12.9. The van der Waals surface area contributed by atoms with Gasteiger partial charge < -0.3 is 0 Å². The molecule has 0 saturated heterocycles. The third-order valence-corrected chi connectivity index (χ3v) is 4.67. The maximum absolute atomic E-state index is 4.71. The minimum Gasteiger partial charge on any atom is -0.239 e. The summed E-state index contributed by atoms with van der Waals surface area (Å²) in [4.78, 5) is 4.71. The summed E-state index contributed by atoms with van der Waals surface area (Å²) in [6.45, 7) is 0. The summed E-state index contributed by atoms with van der Waals surface area (Å²) in [6.07, 6.45) is 3.93. The summed E-state index contributed by atoms with van der Waals surface area (Å²) >= 11 is 0. The Kier molecular flexibility index (Phi) is 5.67. The molecule has 0 unspecified atom stereocenters. The van der Waals surface area contributed by atoms with Gasteiger partial charge in [-0.25, -0.2) is 4.98 Å². The van der Waals surface area contributed by atoms with Crippen LogP contribution in [0.5, 0.6) is 0 Å². The fourth-order valence-electron chi connectivity index (χ4n) is 3.22. The number of unbranched alkanes of at least 4 members (excludes halogenated alkanes) is 3. The average Bonchev–Trinajstić information content (AvgIpc) is 2.76. The molecule has 0 bridgehead atoms. The summed E-state index contributed by atoms with van der Waals surface area (Å²) in [7, 11) is 0. The largest absolute Gasteiger partial charge is 0.239 e. The maximum atomic E-state index is 4.71. The number of hydrogen-bond donors (Lipinski definition) is 0. The van der Waals surface area contributed by atoms with Gasteiger partial charge in [0.2, 0.25) is 0 Å². The molecule has 4 aromatic rings. The summed E-state index contributed by atoms with van der Waals surface area (Å²) in [5, 5.41) is 3.66. The third kappa shape index (κ3) is 4.40. The van der Waals surface area contributed by atoms with Crippen molar-refractivity contribution in [1.29, 1.82) is 0 Å². The van der Waals surface area contributed by atoms with Crippen molar-refractivity contribution >= 4 is 21.7 Å². The van der Waals surface area contributed by atoms with Gasteiger partial charge >= 0.3 is 0 Å². The number of benzene rings is 3. The molecule has 0 amide bonds. The Bertz CT molecular complexity index is 1210. The molecule has 0 saturated carbocycles. The van der Waals surface area contributed by atoms with E-state index in [-0.39, 0.29) is 0 Å². The Hall–Kier alpha value is -3.55. The molecular formula is C27H21N. The minimum atomic E-state index is 0.839. The van der Waals surface area contributed by atoms with E-state index in [1.54, 1.807) is 0 Å². The maximum Gasteiger partial charge on any atom is 0.113 e. The van der Waals surface area contributed by atoms with Gasteiger partial charge in [0.1, 0.15) is 5.69 Å². The van der Waals surface area contributed by atoms with Gasteiger partial charge in [0, 0.05) is 23.8 Å². The van der Waals surface area contributed by atoms with E-state index in [0.717, 1.165) is 42.5 Å². The van der Waals surface area contributed by atoms with E-state index in [2.05, 4.69) is 66.1 Å². The molecule has 0 spiro atoms. The second kappa shape index (κ2) is 8.90. The van der Waals surface area contributed by atoms with E-state index >= 15 is 0 Å². The van der Waals surface area contributed by atoms with Crippen molar-refractivity contribution < 1.29 is 0 Å². The van der Waals surface area contributed by atoms with E-state index in [1.807, 2.05) is 36.4 Å². The first-order valence-electron chi connectivity index (χ1n) is 9.71. The van der Waals surface area contributed by atoms with Crippen molar-refractivity contribution in [3.63, 3.8) is 0 Å². The number of pyridine rings is 1. The van der Waals surface area contributed by atoms with Crippen LogP contribution in [0.15, 0.2) is 78.9 Å². The van der Waals surface area contributed by atoms with Crippen LogP contribution in [0.1, 0.15) is 36.9 Å². The van der Waals surface area contributed by atoms with Crippen LogP contribution in [0.2, 0.25) is 0 Å². The zero-order valence-corrected chi connectivity index (χ0v) is 15.8. The molecule has 1 heteroatoms. The molecule has 0 radical (unpaired) electrons. The van der Waals surface area contributed by atoms with Gasteiger partial charge in [-0.05, 0) is 59.9 Å². The number of rotatable bonds is 3. The van der Waals surface area contributed by atoms with Crippen molar-refractivity contribution in [1.82, 2.24) is 4.98 Å². The van der Waals surface area contributed by atoms with E-state index < -0.39 is 0 Å². The predicted octanol–water partition coefficient (Wildman–Crippen LogP) is 6.35. The average molecular weight is 359 g/mol. The second-order valence-electron chi connectivity index (χ2n) is 6.73. The van der Waals surface area contributed by atoms with Crippen LogP contribution in [0, 0.1) is 23.7 Å². The molecular weight excluding hydrogens is 338 g/mol. The molecule has 0 N–H and O–H groups in total. The van der Waals surface area contributed by atoms with Crippen LogP contribution < -0.4 is 0 Å². The van der Waals surface area contributed by atoms with Gasteiger partial charge in [0.05, 0.1) is 5.52 Å². The Balaban J connectivity index is 1.33. The fraction of sp³-hybridized carbons (Fsp3) is 0.148. The Morgan fingerprint density at radius 3 is 2.21 bits per heavy atom. The van der Waals surface area contributed by atoms with Gasteiger partial charge in [-0.2, -0.15) is 0 Å². The Morgan fingerprint density at radius 1 is 0.607 bits per heavy atom. The highest BCUT2D eigenvalue weighted by Crippen LogP contribution is 2.24. The molecule has 0 fully saturated rings. The SMILES string of the molecule is C(#Cc1ccccc1)CCCCC#Cc1ccc2c(ccc3ccccc32)n1. The number of aromatic nitrogens is 1.